The number of hydrogen-bond acceptors (Lipinski definition) is 5. The molecule has 1 aromatic heterocycles. The minimum absolute atomic E-state index is 0.0376. The first-order valence-corrected chi connectivity index (χ1v) is 7.92. The zero-order valence-electron chi connectivity index (χ0n) is 13.8. The molecule has 3 rings (SSSR count). The van der Waals surface area contributed by atoms with Crippen molar-refractivity contribution in [1.29, 1.82) is 0 Å². The summed E-state index contributed by atoms with van der Waals surface area (Å²) < 4.78 is 9.79. The van der Waals surface area contributed by atoms with Crippen molar-refractivity contribution in [2.75, 3.05) is 6.61 Å². The molecular formula is C20H16N2O4. The molecule has 0 radical (unpaired) electrons. The summed E-state index contributed by atoms with van der Waals surface area (Å²) in [7, 11) is 0. The van der Waals surface area contributed by atoms with Gasteiger partial charge in [0.2, 0.25) is 5.76 Å². The van der Waals surface area contributed by atoms with Gasteiger partial charge in [-0.1, -0.05) is 60.7 Å². The Labute approximate surface area is 150 Å². The molecule has 6 heteroatoms. The lowest BCUT2D eigenvalue weighted by molar-refractivity contribution is -0.124. The lowest BCUT2D eigenvalue weighted by atomic mass is 10.0. The van der Waals surface area contributed by atoms with E-state index in [-0.39, 0.29) is 5.76 Å². The van der Waals surface area contributed by atoms with Gasteiger partial charge >= 0.3 is 5.97 Å². The Morgan fingerprint density at radius 1 is 0.885 bits per heavy atom. The van der Waals surface area contributed by atoms with Crippen LogP contribution in [0.1, 0.15) is 21.7 Å². The Kier molecular flexibility index (Phi) is 5.57. The second-order valence-corrected chi connectivity index (χ2v) is 5.28. The van der Waals surface area contributed by atoms with Gasteiger partial charge in [0.1, 0.15) is 0 Å². The van der Waals surface area contributed by atoms with Crippen molar-refractivity contribution in [3.8, 4) is 0 Å². The van der Waals surface area contributed by atoms with Gasteiger partial charge in [0.05, 0.1) is 12.0 Å². The van der Waals surface area contributed by atoms with Gasteiger partial charge in [0.25, 0.3) is 5.91 Å². The molecule has 1 amide bonds. The third-order valence-corrected chi connectivity index (χ3v) is 3.44. The highest BCUT2D eigenvalue weighted by molar-refractivity contribution is 6.13. The van der Waals surface area contributed by atoms with E-state index in [1.165, 1.54) is 12.3 Å². The maximum Gasteiger partial charge on any atom is 0.374 e. The molecule has 0 aliphatic heterocycles. The van der Waals surface area contributed by atoms with E-state index in [4.69, 9.17) is 9.15 Å². The molecule has 0 saturated heterocycles. The van der Waals surface area contributed by atoms with Gasteiger partial charge in [-0.05, 0) is 12.1 Å². The van der Waals surface area contributed by atoms with E-state index in [0.29, 0.717) is 5.71 Å². The summed E-state index contributed by atoms with van der Waals surface area (Å²) in [5.41, 5.74) is 4.74. The van der Waals surface area contributed by atoms with Crippen LogP contribution in [0.15, 0.2) is 88.6 Å². The third-order valence-electron chi connectivity index (χ3n) is 3.44. The number of nitrogens with one attached hydrogen (secondary N) is 1. The minimum Gasteiger partial charge on any atom is -0.457 e. The largest absolute Gasteiger partial charge is 0.457 e. The molecule has 0 aliphatic carbocycles. The summed E-state index contributed by atoms with van der Waals surface area (Å²) in [5.74, 6) is -1.22. The van der Waals surface area contributed by atoms with Crippen molar-refractivity contribution < 1.29 is 18.7 Å². The third kappa shape index (κ3) is 4.45. The fraction of sp³-hybridized carbons (Fsp3) is 0.0500. The summed E-state index contributed by atoms with van der Waals surface area (Å²) in [4.78, 5) is 23.6. The number of nitrogens with zero attached hydrogens (tertiary/aromatic N) is 1. The van der Waals surface area contributed by atoms with E-state index in [9.17, 15) is 9.59 Å². The summed E-state index contributed by atoms with van der Waals surface area (Å²) in [6.07, 6.45) is 1.35. The average Bonchev–Trinajstić information content (AvgIpc) is 3.23. The summed E-state index contributed by atoms with van der Waals surface area (Å²) >= 11 is 0. The Hall–Kier alpha value is -3.67. The fourth-order valence-electron chi connectivity index (χ4n) is 2.24. The number of furan rings is 1. The van der Waals surface area contributed by atoms with E-state index < -0.39 is 18.5 Å². The molecule has 0 spiro atoms. The zero-order valence-corrected chi connectivity index (χ0v) is 13.8. The standard InChI is InChI=1S/C20H16N2O4/c23-18(14-26-20(24)17-12-7-13-25-17)21-22-19(15-8-3-1-4-9-15)16-10-5-2-6-11-16/h1-13H,14H2,(H,21,23). The van der Waals surface area contributed by atoms with Crippen LogP contribution in [0.2, 0.25) is 0 Å². The second-order valence-electron chi connectivity index (χ2n) is 5.28. The molecule has 0 atom stereocenters. The number of ether oxygens (including phenoxy) is 1. The first kappa shape index (κ1) is 17.2. The Bertz CT molecular complexity index is 847. The molecule has 0 saturated carbocycles. The fourth-order valence-corrected chi connectivity index (χ4v) is 2.24. The van der Waals surface area contributed by atoms with E-state index in [1.807, 2.05) is 60.7 Å². The number of carbonyl (C=O) groups is 2. The quantitative estimate of drug-likeness (QED) is 0.422. The van der Waals surface area contributed by atoms with Crippen LogP contribution in [0.3, 0.4) is 0 Å². The normalized spacial score (nSPS) is 10.0. The van der Waals surface area contributed by atoms with Crippen LogP contribution in [-0.2, 0) is 9.53 Å². The van der Waals surface area contributed by atoms with Gasteiger partial charge in [-0.15, -0.1) is 0 Å². The van der Waals surface area contributed by atoms with Gasteiger partial charge in [0, 0.05) is 11.1 Å². The Morgan fingerprint density at radius 2 is 1.50 bits per heavy atom. The van der Waals surface area contributed by atoms with Crippen molar-refractivity contribution >= 4 is 17.6 Å². The van der Waals surface area contributed by atoms with E-state index >= 15 is 0 Å². The SMILES string of the molecule is O=C(COC(=O)c1ccco1)NN=C(c1ccccc1)c1ccccc1. The molecule has 3 aromatic rings. The smallest absolute Gasteiger partial charge is 0.374 e. The number of amides is 1. The number of rotatable bonds is 6. The summed E-state index contributed by atoms with van der Waals surface area (Å²) in [6.45, 7) is -0.458. The molecule has 6 nitrogen and oxygen atoms in total. The van der Waals surface area contributed by atoms with Crippen LogP contribution in [0.25, 0.3) is 0 Å². The number of carbonyl (C=O) groups excluding carboxylic acids is 2. The highest BCUT2D eigenvalue weighted by Crippen LogP contribution is 2.10. The molecule has 0 unspecified atom stereocenters. The molecule has 130 valence electrons. The van der Waals surface area contributed by atoms with Crippen molar-refractivity contribution in [3.05, 3.63) is 95.9 Å². The highest BCUT2D eigenvalue weighted by atomic mass is 16.5. The molecule has 26 heavy (non-hydrogen) atoms. The minimum atomic E-state index is -0.708. The Balaban J connectivity index is 1.68. The molecule has 0 fully saturated rings. The van der Waals surface area contributed by atoms with Crippen LogP contribution in [0, 0.1) is 0 Å². The van der Waals surface area contributed by atoms with Crippen molar-refractivity contribution in [1.82, 2.24) is 5.43 Å². The van der Waals surface area contributed by atoms with Gasteiger partial charge < -0.3 is 9.15 Å². The molecule has 2 aromatic carbocycles. The number of benzene rings is 2. The van der Waals surface area contributed by atoms with Crippen LogP contribution < -0.4 is 5.43 Å². The maximum absolute atomic E-state index is 12.0. The lowest BCUT2D eigenvalue weighted by Gasteiger charge is -2.08. The van der Waals surface area contributed by atoms with Crippen LogP contribution >= 0.6 is 0 Å². The molecular weight excluding hydrogens is 332 g/mol. The topological polar surface area (TPSA) is 80.9 Å². The summed E-state index contributed by atoms with van der Waals surface area (Å²) in [5, 5.41) is 4.21. The Morgan fingerprint density at radius 3 is 2.04 bits per heavy atom. The number of esters is 1. The van der Waals surface area contributed by atoms with Crippen molar-refractivity contribution in [2.24, 2.45) is 5.10 Å². The van der Waals surface area contributed by atoms with E-state index in [1.54, 1.807) is 6.07 Å². The maximum atomic E-state index is 12.0. The van der Waals surface area contributed by atoms with Gasteiger partial charge in [-0.2, -0.15) is 5.10 Å². The average molecular weight is 348 g/mol. The second kappa shape index (κ2) is 8.43. The van der Waals surface area contributed by atoms with Crippen molar-refractivity contribution in [3.63, 3.8) is 0 Å². The van der Waals surface area contributed by atoms with E-state index in [2.05, 4.69) is 10.5 Å². The predicted octanol–water partition coefficient (Wildman–Crippen LogP) is 3.01. The first-order chi connectivity index (χ1) is 12.7. The lowest BCUT2D eigenvalue weighted by Crippen LogP contribution is -2.26. The number of hydrogen-bond donors (Lipinski definition) is 1. The molecule has 1 heterocycles. The first-order valence-electron chi connectivity index (χ1n) is 7.92. The van der Waals surface area contributed by atoms with Crippen LogP contribution in [-0.4, -0.2) is 24.2 Å². The predicted molar refractivity (Wildman–Crippen MR) is 95.7 cm³/mol. The van der Waals surface area contributed by atoms with Gasteiger partial charge in [0.15, 0.2) is 6.61 Å². The van der Waals surface area contributed by atoms with Gasteiger partial charge in [-0.25, -0.2) is 10.2 Å². The highest BCUT2D eigenvalue weighted by Gasteiger charge is 2.13. The monoisotopic (exact) mass is 348 g/mol. The van der Waals surface area contributed by atoms with Crippen molar-refractivity contribution in [2.45, 2.75) is 0 Å². The van der Waals surface area contributed by atoms with Crippen LogP contribution in [0.5, 0.6) is 0 Å². The molecule has 1 N–H and O–H groups in total. The summed E-state index contributed by atoms with van der Waals surface area (Å²) in [6, 6.07) is 22.0. The number of hydrazone groups is 1. The van der Waals surface area contributed by atoms with Gasteiger partial charge in [-0.3, -0.25) is 4.79 Å². The van der Waals surface area contributed by atoms with E-state index in [0.717, 1.165) is 11.1 Å². The van der Waals surface area contributed by atoms with Crippen LogP contribution in [0.4, 0.5) is 0 Å². The molecule has 0 aliphatic rings. The molecule has 0 bridgehead atoms. The zero-order chi connectivity index (χ0) is 18.2.